The van der Waals surface area contributed by atoms with Crippen molar-refractivity contribution in [3.8, 4) is 11.5 Å². The van der Waals surface area contributed by atoms with Gasteiger partial charge in [-0.3, -0.25) is 0 Å². The number of nitrogens with one attached hydrogen (secondary N) is 1. The zero-order valence-corrected chi connectivity index (χ0v) is 20.9. The number of ether oxygens (including phenoxy) is 4. The van der Waals surface area contributed by atoms with Gasteiger partial charge in [-0.1, -0.05) is 24.3 Å². The van der Waals surface area contributed by atoms with Crippen molar-refractivity contribution in [1.82, 2.24) is 5.32 Å². The number of halogens is 1. The minimum absolute atomic E-state index is 0.169. The maximum atomic E-state index is 12.4. The molecule has 32 heavy (non-hydrogen) atoms. The molecule has 2 rings (SSSR count). The van der Waals surface area contributed by atoms with Crippen LogP contribution in [0, 0.1) is 6.92 Å². The van der Waals surface area contributed by atoms with Crippen LogP contribution in [-0.4, -0.2) is 37.9 Å². The molecular formula is C24H30BrNO6. The molecule has 0 aliphatic carbocycles. The summed E-state index contributed by atoms with van der Waals surface area (Å²) in [7, 11) is 2.89. The minimum Gasteiger partial charge on any atom is -0.497 e. The first kappa shape index (κ1) is 25.5. The number of carbonyl (C=O) groups excluding carboxylic acids is 2. The van der Waals surface area contributed by atoms with Crippen LogP contribution in [0.4, 0.5) is 4.79 Å². The number of esters is 1. The molecule has 1 N–H and O–H groups in total. The van der Waals surface area contributed by atoms with Crippen LogP contribution in [-0.2, 0) is 27.3 Å². The van der Waals surface area contributed by atoms with Crippen LogP contribution in [0.25, 0.3) is 0 Å². The van der Waals surface area contributed by atoms with Gasteiger partial charge in [0, 0.05) is 6.42 Å². The third kappa shape index (κ3) is 7.44. The highest BCUT2D eigenvalue weighted by atomic mass is 79.9. The molecule has 0 radical (unpaired) electrons. The van der Waals surface area contributed by atoms with Crippen LogP contribution < -0.4 is 14.8 Å². The quantitative estimate of drug-likeness (QED) is 0.508. The maximum Gasteiger partial charge on any atom is 0.408 e. The lowest BCUT2D eigenvalue weighted by molar-refractivity contribution is -0.143. The van der Waals surface area contributed by atoms with Gasteiger partial charge in [0.1, 0.15) is 29.7 Å². The molecule has 0 aromatic heterocycles. The third-order valence-corrected chi connectivity index (χ3v) is 5.50. The average Bonchev–Trinajstić information content (AvgIpc) is 2.73. The van der Waals surface area contributed by atoms with E-state index in [2.05, 4.69) is 21.2 Å². The number of aryl methyl sites for hydroxylation is 1. The molecule has 0 fully saturated rings. The molecule has 7 nitrogen and oxygen atoms in total. The predicted octanol–water partition coefficient (Wildman–Crippen LogP) is 4.95. The second-order valence-corrected chi connectivity index (χ2v) is 9.04. The molecule has 1 atom stereocenters. The van der Waals surface area contributed by atoms with Gasteiger partial charge in [0.15, 0.2) is 0 Å². The Bertz CT molecular complexity index is 937. The lowest BCUT2D eigenvalue weighted by Crippen LogP contribution is -2.45. The van der Waals surface area contributed by atoms with Crippen molar-refractivity contribution in [1.29, 1.82) is 0 Å². The van der Waals surface area contributed by atoms with E-state index >= 15 is 0 Å². The number of hydrogen-bond acceptors (Lipinski definition) is 6. The molecule has 8 heteroatoms. The van der Waals surface area contributed by atoms with E-state index in [1.807, 2.05) is 43.3 Å². The Morgan fingerprint density at radius 2 is 1.72 bits per heavy atom. The number of rotatable bonds is 8. The van der Waals surface area contributed by atoms with E-state index in [-0.39, 0.29) is 6.42 Å². The highest BCUT2D eigenvalue weighted by Crippen LogP contribution is 2.34. The summed E-state index contributed by atoms with van der Waals surface area (Å²) in [5, 5.41) is 2.60. The van der Waals surface area contributed by atoms with Gasteiger partial charge in [0.25, 0.3) is 0 Å². The van der Waals surface area contributed by atoms with Gasteiger partial charge in [-0.2, -0.15) is 0 Å². The van der Waals surface area contributed by atoms with Crippen LogP contribution in [0.5, 0.6) is 11.5 Å². The summed E-state index contributed by atoms with van der Waals surface area (Å²) >= 11 is 3.59. The second kappa shape index (κ2) is 11.2. The van der Waals surface area contributed by atoms with Crippen LogP contribution in [0.3, 0.4) is 0 Å². The minimum atomic E-state index is -0.937. The first-order valence-electron chi connectivity index (χ1n) is 10.1. The second-order valence-electron chi connectivity index (χ2n) is 8.25. The lowest BCUT2D eigenvalue weighted by Gasteiger charge is -2.23. The number of alkyl carbamates (subject to hydrolysis) is 1. The van der Waals surface area contributed by atoms with Gasteiger partial charge in [0.2, 0.25) is 0 Å². The van der Waals surface area contributed by atoms with Crippen molar-refractivity contribution in [3.05, 3.63) is 57.6 Å². The average molecular weight is 508 g/mol. The van der Waals surface area contributed by atoms with Gasteiger partial charge in [-0.15, -0.1) is 0 Å². The van der Waals surface area contributed by atoms with Gasteiger partial charge >= 0.3 is 12.1 Å². The normalized spacial score (nSPS) is 12.0. The largest absolute Gasteiger partial charge is 0.497 e. The molecule has 0 heterocycles. The highest BCUT2D eigenvalue weighted by Gasteiger charge is 2.27. The zero-order chi connectivity index (χ0) is 23.9. The van der Waals surface area contributed by atoms with E-state index < -0.39 is 23.7 Å². The van der Waals surface area contributed by atoms with E-state index in [0.29, 0.717) is 12.4 Å². The van der Waals surface area contributed by atoms with Crippen molar-refractivity contribution < 1.29 is 28.5 Å². The van der Waals surface area contributed by atoms with Crippen molar-refractivity contribution in [2.24, 2.45) is 0 Å². The van der Waals surface area contributed by atoms with Crippen molar-refractivity contribution >= 4 is 28.0 Å². The first-order chi connectivity index (χ1) is 15.0. The number of hydrogen-bond donors (Lipinski definition) is 1. The smallest absolute Gasteiger partial charge is 0.408 e. The maximum absolute atomic E-state index is 12.4. The van der Waals surface area contributed by atoms with Crippen molar-refractivity contribution in [3.63, 3.8) is 0 Å². The first-order valence-corrected chi connectivity index (χ1v) is 10.9. The molecule has 0 unspecified atom stereocenters. The summed E-state index contributed by atoms with van der Waals surface area (Å²) in [6.45, 7) is 7.53. The van der Waals surface area contributed by atoms with Crippen LogP contribution in [0.2, 0.25) is 0 Å². The summed E-state index contributed by atoms with van der Waals surface area (Å²) in [6.07, 6.45) is -0.525. The molecule has 0 aliphatic heterocycles. The Hall–Kier alpha value is -2.74. The Labute approximate surface area is 197 Å². The Balaban J connectivity index is 2.24. The fraction of sp³-hybridized carbons (Fsp3) is 0.417. The van der Waals surface area contributed by atoms with E-state index in [9.17, 15) is 9.59 Å². The van der Waals surface area contributed by atoms with Crippen molar-refractivity contribution in [2.45, 2.75) is 52.4 Å². The van der Waals surface area contributed by atoms with E-state index in [0.717, 1.165) is 26.9 Å². The molecule has 2 aromatic carbocycles. The predicted molar refractivity (Wildman–Crippen MR) is 125 cm³/mol. The highest BCUT2D eigenvalue weighted by molar-refractivity contribution is 9.10. The number of methoxy groups -OCH3 is 2. The molecule has 0 saturated heterocycles. The van der Waals surface area contributed by atoms with Crippen LogP contribution >= 0.6 is 15.9 Å². The number of carbonyl (C=O) groups is 2. The monoisotopic (exact) mass is 507 g/mol. The van der Waals surface area contributed by atoms with Gasteiger partial charge < -0.3 is 24.3 Å². The summed E-state index contributed by atoms with van der Waals surface area (Å²) < 4.78 is 22.3. The Kier molecular flexibility index (Phi) is 8.95. The van der Waals surface area contributed by atoms with E-state index in [1.165, 1.54) is 7.11 Å². The fourth-order valence-electron chi connectivity index (χ4n) is 2.89. The van der Waals surface area contributed by atoms with Crippen LogP contribution in [0.1, 0.15) is 37.5 Å². The van der Waals surface area contributed by atoms with Crippen LogP contribution in [0.15, 0.2) is 40.9 Å². The molecular weight excluding hydrogens is 478 g/mol. The number of benzene rings is 2. The molecule has 0 saturated carbocycles. The summed E-state index contributed by atoms with van der Waals surface area (Å²) in [6, 6.07) is 10.4. The van der Waals surface area contributed by atoms with Gasteiger partial charge in [-0.05, 0) is 72.4 Å². The molecule has 1 amide bonds. The third-order valence-electron chi connectivity index (χ3n) is 4.51. The fourth-order valence-corrected chi connectivity index (χ4v) is 3.40. The zero-order valence-electron chi connectivity index (χ0n) is 19.3. The van der Waals surface area contributed by atoms with E-state index in [4.69, 9.17) is 18.9 Å². The van der Waals surface area contributed by atoms with Gasteiger partial charge in [0.05, 0.1) is 18.7 Å². The van der Waals surface area contributed by atoms with Crippen molar-refractivity contribution in [2.75, 3.05) is 14.2 Å². The Morgan fingerprint density at radius 3 is 2.28 bits per heavy atom. The van der Waals surface area contributed by atoms with Gasteiger partial charge in [-0.25, -0.2) is 9.59 Å². The van der Waals surface area contributed by atoms with E-state index in [1.54, 1.807) is 27.9 Å². The molecule has 174 valence electrons. The Morgan fingerprint density at radius 1 is 1.06 bits per heavy atom. The summed E-state index contributed by atoms with van der Waals surface area (Å²) in [4.78, 5) is 24.6. The molecule has 0 bridgehead atoms. The lowest BCUT2D eigenvalue weighted by atomic mass is 10.0. The SMILES string of the molecule is COC(=O)[C@H](Cc1ccc(C)c(Br)c1OCc1ccc(OC)cc1)NC(=O)OC(C)(C)C. The standard InChI is InChI=1S/C24H30BrNO6/c1-15-7-10-17(13-19(22(27)30-6)26-23(28)32-24(2,3)4)21(20(15)25)31-14-16-8-11-18(29-5)12-9-16/h7-12,19H,13-14H2,1-6H3,(H,26,28)/t19-/m0/s1. The summed E-state index contributed by atoms with van der Waals surface area (Å²) in [5.74, 6) is 0.787. The molecule has 0 spiro atoms. The topological polar surface area (TPSA) is 83.1 Å². The number of amides is 1. The summed E-state index contributed by atoms with van der Waals surface area (Å²) in [5.41, 5.74) is 1.99. The molecule has 2 aromatic rings. The molecule has 0 aliphatic rings.